The van der Waals surface area contributed by atoms with Gasteiger partial charge in [-0.15, -0.1) is 11.8 Å². The number of carbonyl (C=O) groups excluding carboxylic acids is 2. The first-order chi connectivity index (χ1) is 21.2. The lowest BCUT2D eigenvalue weighted by atomic mass is 9.85. The molecule has 0 aromatic heterocycles. The summed E-state index contributed by atoms with van der Waals surface area (Å²) in [4.78, 5) is 28.7. The first-order valence-corrected chi connectivity index (χ1v) is 16.4. The van der Waals surface area contributed by atoms with Crippen molar-refractivity contribution in [1.82, 2.24) is 10.2 Å². The molecular formula is C31H43F3N2O8S. The molecule has 3 aliphatic heterocycles. The topological polar surface area (TPSA) is 138 Å². The standard InChI is InChI=1S/C31H43F3N2O8S/c1-16(2)12-19-10-11-42-26-20(13-19)14-36(30(41)43-15-18-8-6-5-7-9-18)22(26)28(40)35-21(17(3)31(32,33)34)27-24(38)23(37)25(39)29(44-27)45-4/h5-9,16,19-27,29,37-39H,3,10-15H2,1-2,4H3,(H,35,40)/t19-,20-,21+,22?,23+,24?,25+,26+,27+,29?/m0/s1. The number of nitrogens with one attached hydrogen (secondary N) is 1. The van der Waals surface area contributed by atoms with Gasteiger partial charge in [-0.25, -0.2) is 4.79 Å². The van der Waals surface area contributed by atoms with E-state index >= 15 is 0 Å². The molecule has 0 bridgehead atoms. The summed E-state index contributed by atoms with van der Waals surface area (Å²) in [6, 6.07) is 5.48. The number of hydrogen-bond donors (Lipinski definition) is 4. The average Bonchev–Trinajstić information content (AvgIpc) is 3.23. The fourth-order valence-corrected chi connectivity index (χ4v) is 7.23. The number of ether oxygens (including phenoxy) is 3. The molecule has 0 saturated carbocycles. The van der Waals surface area contributed by atoms with Gasteiger partial charge >= 0.3 is 12.3 Å². The molecule has 1 aromatic rings. The molecule has 3 unspecified atom stereocenters. The van der Waals surface area contributed by atoms with Gasteiger partial charge < -0.3 is 34.8 Å². The summed E-state index contributed by atoms with van der Waals surface area (Å²) < 4.78 is 59.5. The molecule has 4 N–H and O–H groups in total. The highest BCUT2D eigenvalue weighted by molar-refractivity contribution is 7.99. The lowest BCUT2D eigenvalue weighted by Crippen LogP contribution is -2.65. The van der Waals surface area contributed by atoms with Gasteiger partial charge in [-0.3, -0.25) is 9.69 Å². The molecule has 252 valence electrons. The summed E-state index contributed by atoms with van der Waals surface area (Å²) >= 11 is 0.917. The number of carbonyl (C=O) groups is 2. The third kappa shape index (κ3) is 8.33. The van der Waals surface area contributed by atoms with Crippen LogP contribution in [0.4, 0.5) is 18.0 Å². The van der Waals surface area contributed by atoms with Gasteiger partial charge in [0.25, 0.3) is 0 Å². The maximum atomic E-state index is 14.1. The normalized spacial score (nSPS) is 32.8. The van der Waals surface area contributed by atoms with Gasteiger partial charge in [0, 0.05) is 19.1 Å². The van der Waals surface area contributed by atoms with E-state index < -0.39 is 71.8 Å². The minimum absolute atomic E-state index is 0.0808. The number of hydrogen-bond acceptors (Lipinski definition) is 9. The van der Waals surface area contributed by atoms with E-state index in [9.17, 15) is 38.1 Å². The highest BCUT2D eigenvalue weighted by Crippen LogP contribution is 2.39. The van der Waals surface area contributed by atoms with E-state index in [0.29, 0.717) is 24.5 Å². The Bertz CT molecular complexity index is 1170. The van der Waals surface area contributed by atoms with E-state index in [1.165, 1.54) is 11.2 Å². The Labute approximate surface area is 265 Å². The molecule has 3 saturated heterocycles. The van der Waals surface area contributed by atoms with Gasteiger partial charge in [-0.1, -0.05) is 50.8 Å². The minimum atomic E-state index is -5.02. The van der Waals surface area contributed by atoms with Crippen molar-refractivity contribution in [2.24, 2.45) is 17.8 Å². The van der Waals surface area contributed by atoms with Crippen LogP contribution in [0.25, 0.3) is 0 Å². The van der Waals surface area contributed by atoms with Crippen molar-refractivity contribution in [2.45, 2.75) is 93.9 Å². The number of nitrogens with zero attached hydrogens (tertiary/aromatic N) is 1. The largest absolute Gasteiger partial charge is 0.445 e. The first kappa shape index (κ1) is 35.5. The Morgan fingerprint density at radius 2 is 1.84 bits per heavy atom. The van der Waals surface area contributed by atoms with Crippen LogP contribution < -0.4 is 5.32 Å². The number of halogens is 3. The molecule has 4 rings (SSSR count). The van der Waals surface area contributed by atoms with Crippen LogP contribution in [0.3, 0.4) is 0 Å². The van der Waals surface area contributed by atoms with Crippen molar-refractivity contribution in [1.29, 1.82) is 0 Å². The van der Waals surface area contributed by atoms with Crippen molar-refractivity contribution in [2.75, 3.05) is 19.4 Å². The van der Waals surface area contributed by atoms with E-state index in [1.807, 2.05) is 6.07 Å². The number of thioether (sulfide) groups is 1. The number of aliphatic hydroxyl groups is 3. The molecule has 45 heavy (non-hydrogen) atoms. The van der Waals surface area contributed by atoms with Crippen LogP contribution >= 0.6 is 11.8 Å². The smallest absolute Gasteiger partial charge is 0.414 e. The van der Waals surface area contributed by atoms with Gasteiger partial charge in [0.2, 0.25) is 5.91 Å². The summed E-state index contributed by atoms with van der Waals surface area (Å²) in [5, 5.41) is 33.7. The van der Waals surface area contributed by atoms with Crippen LogP contribution in [0, 0.1) is 17.8 Å². The highest BCUT2D eigenvalue weighted by atomic mass is 32.2. The van der Waals surface area contributed by atoms with Crippen molar-refractivity contribution in [3.8, 4) is 0 Å². The number of fused-ring (bicyclic) bond motifs is 1. The van der Waals surface area contributed by atoms with Gasteiger partial charge in [-0.05, 0) is 42.9 Å². The molecule has 3 heterocycles. The summed E-state index contributed by atoms with van der Waals surface area (Å²) in [7, 11) is 0. The summed E-state index contributed by atoms with van der Waals surface area (Å²) in [5.41, 5.74) is -1.92. The second kappa shape index (κ2) is 15.0. The van der Waals surface area contributed by atoms with E-state index in [4.69, 9.17) is 14.2 Å². The molecule has 2 amide bonds. The van der Waals surface area contributed by atoms with E-state index in [1.54, 1.807) is 24.3 Å². The molecule has 3 aliphatic rings. The van der Waals surface area contributed by atoms with Gasteiger partial charge in [0.15, 0.2) is 0 Å². The highest BCUT2D eigenvalue weighted by Gasteiger charge is 2.54. The fraction of sp³-hybridized carbons (Fsp3) is 0.677. The number of alkyl halides is 3. The molecule has 10 nitrogen and oxygen atoms in total. The molecule has 14 heteroatoms. The summed E-state index contributed by atoms with van der Waals surface area (Å²) in [6.45, 7) is 7.67. The maximum absolute atomic E-state index is 14.1. The number of rotatable bonds is 9. The van der Waals surface area contributed by atoms with Crippen molar-refractivity contribution < 1.29 is 52.3 Å². The Balaban J connectivity index is 1.63. The fourth-order valence-electron chi connectivity index (χ4n) is 6.55. The monoisotopic (exact) mass is 660 g/mol. The van der Waals surface area contributed by atoms with Crippen LogP contribution in [0.2, 0.25) is 0 Å². The zero-order valence-corrected chi connectivity index (χ0v) is 26.4. The molecule has 0 aliphatic carbocycles. The maximum Gasteiger partial charge on any atom is 0.414 e. The zero-order valence-electron chi connectivity index (χ0n) is 25.6. The van der Waals surface area contributed by atoms with Crippen molar-refractivity contribution >= 4 is 23.8 Å². The van der Waals surface area contributed by atoms with Crippen LogP contribution in [-0.2, 0) is 25.6 Å². The van der Waals surface area contributed by atoms with Crippen LogP contribution in [0.5, 0.6) is 0 Å². The van der Waals surface area contributed by atoms with Crippen LogP contribution in [0.15, 0.2) is 42.5 Å². The molecule has 10 atom stereocenters. The summed E-state index contributed by atoms with van der Waals surface area (Å²) in [5.74, 6) is -0.582. The van der Waals surface area contributed by atoms with E-state index in [0.717, 1.165) is 24.6 Å². The molecule has 0 spiro atoms. The quantitative estimate of drug-likeness (QED) is 0.294. The second-order valence-electron chi connectivity index (χ2n) is 12.4. The van der Waals surface area contributed by atoms with E-state index in [2.05, 4.69) is 25.7 Å². The molecular weight excluding hydrogens is 617 g/mol. The lowest BCUT2D eigenvalue weighted by Gasteiger charge is -2.44. The zero-order chi connectivity index (χ0) is 33.1. The van der Waals surface area contributed by atoms with Gasteiger partial charge in [0.05, 0.1) is 17.7 Å². The predicted molar refractivity (Wildman–Crippen MR) is 160 cm³/mol. The van der Waals surface area contributed by atoms with Crippen molar-refractivity contribution in [3.63, 3.8) is 0 Å². The van der Waals surface area contributed by atoms with Crippen LogP contribution in [0.1, 0.15) is 38.7 Å². The number of likely N-dealkylation sites (tertiary alicyclic amines) is 1. The van der Waals surface area contributed by atoms with Crippen molar-refractivity contribution in [3.05, 3.63) is 48.0 Å². The number of amides is 2. The Morgan fingerprint density at radius 3 is 2.47 bits per heavy atom. The minimum Gasteiger partial charge on any atom is -0.445 e. The number of benzene rings is 1. The summed E-state index contributed by atoms with van der Waals surface area (Å²) in [6.07, 6.45) is -10.1. The second-order valence-corrected chi connectivity index (χ2v) is 13.4. The first-order valence-electron chi connectivity index (χ1n) is 15.1. The SMILES string of the molecule is C=C([C@@H](NC(=O)C1[C@@H]2OCC[C@@H](CC(C)C)C[C@H]2CN1C(=O)OCc1ccccc1)[C@H]1OC(SC)[C@H](O)[C@H](O)C1O)C(F)(F)F. The Kier molecular flexibility index (Phi) is 11.9. The van der Waals surface area contributed by atoms with Crippen LogP contribution in [-0.4, -0.2) is 106 Å². The molecule has 3 fully saturated rings. The lowest BCUT2D eigenvalue weighted by molar-refractivity contribution is -0.207. The third-order valence-corrected chi connectivity index (χ3v) is 9.59. The van der Waals surface area contributed by atoms with Gasteiger partial charge in [0.1, 0.15) is 42.5 Å². The Hall–Kier alpha value is -2.36. The molecule has 0 radical (unpaired) electrons. The Morgan fingerprint density at radius 1 is 1.16 bits per heavy atom. The molecule has 1 aromatic carbocycles. The van der Waals surface area contributed by atoms with Gasteiger partial charge in [-0.2, -0.15) is 13.2 Å². The predicted octanol–water partition coefficient (Wildman–Crippen LogP) is 3.24. The average molecular weight is 661 g/mol. The third-order valence-electron chi connectivity index (χ3n) is 8.73. The van der Waals surface area contributed by atoms with E-state index in [-0.39, 0.29) is 25.0 Å². The number of aliphatic hydroxyl groups excluding tert-OH is 3.